The van der Waals surface area contributed by atoms with E-state index in [-0.39, 0.29) is 23.8 Å². The van der Waals surface area contributed by atoms with Crippen LogP contribution in [0.3, 0.4) is 0 Å². The second-order valence-corrected chi connectivity index (χ2v) is 7.03. The topological polar surface area (TPSA) is 58.6 Å². The molecule has 2 aliphatic rings. The van der Waals surface area contributed by atoms with Gasteiger partial charge in [-0.15, -0.1) is 0 Å². The van der Waals surface area contributed by atoms with Gasteiger partial charge >= 0.3 is 0 Å². The number of carbonyl (C=O) groups excluding carboxylic acids is 2. The van der Waals surface area contributed by atoms with Crippen molar-refractivity contribution < 1.29 is 14.3 Å². The van der Waals surface area contributed by atoms with Crippen LogP contribution in [-0.4, -0.2) is 42.5 Å². The summed E-state index contributed by atoms with van der Waals surface area (Å²) < 4.78 is 5.58. The summed E-state index contributed by atoms with van der Waals surface area (Å²) >= 11 is 0. The van der Waals surface area contributed by atoms with Gasteiger partial charge in [0.25, 0.3) is 0 Å². The van der Waals surface area contributed by atoms with E-state index in [0.717, 1.165) is 44.3 Å². The first-order valence-corrected chi connectivity index (χ1v) is 9.43. The lowest BCUT2D eigenvalue weighted by atomic mass is 9.95. The molecule has 0 radical (unpaired) electrons. The zero-order valence-electron chi connectivity index (χ0n) is 14.8. The van der Waals surface area contributed by atoms with Crippen molar-refractivity contribution in [3.05, 3.63) is 35.9 Å². The minimum atomic E-state index is 0.0194. The summed E-state index contributed by atoms with van der Waals surface area (Å²) in [5, 5.41) is 3.02. The third-order valence-corrected chi connectivity index (χ3v) is 5.23. The van der Waals surface area contributed by atoms with E-state index < -0.39 is 0 Å². The molecule has 5 heteroatoms. The lowest BCUT2D eigenvalue weighted by Crippen LogP contribution is -2.43. The van der Waals surface area contributed by atoms with Crippen LogP contribution in [0.4, 0.5) is 0 Å². The van der Waals surface area contributed by atoms with Crippen LogP contribution in [0.2, 0.25) is 0 Å². The third kappa shape index (κ3) is 5.30. The van der Waals surface area contributed by atoms with Crippen molar-refractivity contribution in [1.82, 2.24) is 10.2 Å². The lowest BCUT2D eigenvalue weighted by molar-refractivity contribution is -0.136. The van der Waals surface area contributed by atoms with Crippen molar-refractivity contribution in [3.8, 4) is 0 Å². The maximum atomic E-state index is 12.3. The number of ether oxygens (including phenoxy) is 1. The number of nitrogens with one attached hydrogen (secondary N) is 1. The van der Waals surface area contributed by atoms with E-state index in [2.05, 4.69) is 5.32 Å². The molecule has 1 aromatic rings. The molecule has 5 nitrogen and oxygen atoms in total. The average Bonchev–Trinajstić information content (AvgIpc) is 3.19. The van der Waals surface area contributed by atoms with Gasteiger partial charge in [0.2, 0.25) is 11.8 Å². The molecule has 1 aromatic carbocycles. The first kappa shape index (κ1) is 17.9. The largest absolute Gasteiger partial charge is 0.378 e. The normalized spacial score (nSPS) is 21.3. The number of likely N-dealkylation sites (tertiary alicyclic amines) is 1. The number of hydrogen-bond donors (Lipinski definition) is 1. The molecule has 3 rings (SSSR count). The highest BCUT2D eigenvalue weighted by atomic mass is 16.5. The monoisotopic (exact) mass is 344 g/mol. The number of amides is 2. The van der Waals surface area contributed by atoms with Gasteiger partial charge < -0.3 is 15.0 Å². The van der Waals surface area contributed by atoms with Crippen LogP contribution in [0.25, 0.3) is 0 Å². The molecular weight excluding hydrogens is 316 g/mol. The van der Waals surface area contributed by atoms with Gasteiger partial charge in [0.15, 0.2) is 0 Å². The molecule has 136 valence electrons. The molecule has 2 fully saturated rings. The highest BCUT2D eigenvalue weighted by Gasteiger charge is 2.27. The minimum absolute atomic E-state index is 0.0194. The molecule has 25 heavy (non-hydrogen) atoms. The number of nitrogens with zero attached hydrogens (tertiary/aromatic N) is 1. The Balaban J connectivity index is 1.35. The molecule has 0 bridgehead atoms. The zero-order valence-corrected chi connectivity index (χ0v) is 14.8. The van der Waals surface area contributed by atoms with Gasteiger partial charge in [-0.2, -0.15) is 0 Å². The molecular formula is C20H28N2O3. The van der Waals surface area contributed by atoms with E-state index in [1.807, 2.05) is 35.2 Å². The fraction of sp³-hybridized carbons (Fsp3) is 0.600. The average molecular weight is 344 g/mol. The molecule has 0 aromatic heterocycles. The van der Waals surface area contributed by atoms with Crippen molar-refractivity contribution in [2.24, 2.45) is 5.92 Å². The van der Waals surface area contributed by atoms with Crippen LogP contribution in [0.1, 0.15) is 44.1 Å². The van der Waals surface area contributed by atoms with Gasteiger partial charge in [0, 0.05) is 38.6 Å². The number of rotatable bonds is 6. The van der Waals surface area contributed by atoms with Gasteiger partial charge in [-0.1, -0.05) is 30.3 Å². The van der Waals surface area contributed by atoms with Crippen LogP contribution >= 0.6 is 0 Å². The van der Waals surface area contributed by atoms with Crippen molar-refractivity contribution >= 4 is 11.8 Å². The molecule has 1 N–H and O–H groups in total. The highest BCUT2D eigenvalue weighted by Crippen LogP contribution is 2.21. The first-order chi connectivity index (χ1) is 12.2. The molecule has 0 spiro atoms. The van der Waals surface area contributed by atoms with Crippen LogP contribution in [-0.2, 0) is 20.9 Å². The molecule has 2 amide bonds. The van der Waals surface area contributed by atoms with E-state index >= 15 is 0 Å². The molecule has 2 saturated heterocycles. The summed E-state index contributed by atoms with van der Waals surface area (Å²) in [6, 6.07) is 9.94. The third-order valence-electron chi connectivity index (χ3n) is 5.23. The lowest BCUT2D eigenvalue weighted by Gasteiger charge is -2.31. The Labute approximate surface area is 149 Å². The molecule has 2 heterocycles. The van der Waals surface area contributed by atoms with E-state index in [0.29, 0.717) is 26.1 Å². The second kappa shape index (κ2) is 8.99. The summed E-state index contributed by atoms with van der Waals surface area (Å²) in [7, 11) is 0. The van der Waals surface area contributed by atoms with Crippen LogP contribution < -0.4 is 5.32 Å². The minimum Gasteiger partial charge on any atom is -0.378 e. The molecule has 0 aliphatic carbocycles. The first-order valence-electron chi connectivity index (χ1n) is 9.43. The number of hydrogen-bond acceptors (Lipinski definition) is 3. The Kier molecular flexibility index (Phi) is 6.45. The van der Waals surface area contributed by atoms with Gasteiger partial charge in [0.1, 0.15) is 0 Å². The fourth-order valence-corrected chi connectivity index (χ4v) is 3.64. The predicted octanol–water partition coefficient (Wildman–Crippen LogP) is 2.50. The summed E-state index contributed by atoms with van der Waals surface area (Å²) in [5.74, 6) is 0.333. The molecule has 2 aliphatic heterocycles. The maximum Gasteiger partial charge on any atom is 0.223 e. The zero-order chi connectivity index (χ0) is 17.5. The van der Waals surface area contributed by atoms with Gasteiger partial charge in [0.05, 0.1) is 6.10 Å². The van der Waals surface area contributed by atoms with Gasteiger partial charge in [-0.3, -0.25) is 9.59 Å². The summed E-state index contributed by atoms with van der Waals surface area (Å²) in [6.07, 6.45) is 5.37. The molecule has 0 saturated carbocycles. The number of piperidine rings is 1. The van der Waals surface area contributed by atoms with E-state index in [9.17, 15) is 9.59 Å². The van der Waals surface area contributed by atoms with Gasteiger partial charge in [-0.05, 0) is 37.7 Å². The van der Waals surface area contributed by atoms with Crippen molar-refractivity contribution in [1.29, 1.82) is 0 Å². The van der Waals surface area contributed by atoms with Crippen molar-refractivity contribution in [2.45, 2.75) is 51.2 Å². The smallest absolute Gasteiger partial charge is 0.223 e. The SMILES string of the molecule is O=C(NCc1ccccc1)C1CCN(C(=O)CCC2CCCO2)CC1. The quantitative estimate of drug-likeness (QED) is 0.863. The Morgan fingerprint density at radius 1 is 1.12 bits per heavy atom. The van der Waals surface area contributed by atoms with Crippen LogP contribution in [0.15, 0.2) is 30.3 Å². The number of benzene rings is 1. The van der Waals surface area contributed by atoms with Crippen LogP contribution in [0.5, 0.6) is 0 Å². The van der Waals surface area contributed by atoms with Crippen molar-refractivity contribution in [3.63, 3.8) is 0 Å². The van der Waals surface area contributed by atoms with Crippen molar-refractivity contribution in [2.75, 3.05) is 19.7 Å². The Morgan fingerprint density at radius 3 is 2.56 bits per heavy atom. The Hall–Kier alpha value is -1.88. The molecule has 1 atom stereocenters. The predicted molar refractivity (Wildman–Crippen MR) is 95.8 cm³/mol. The van der Waals surface area contributed by atoms with E-state index in [4.69, 9.17) is 4.74 Å². The Morgan fingerprint density at radius 2 is 1.88 bits per heavy atom. The highest BCUT2D eigenvalue weighted by molar-refractivity contribution is 5.80. The summed E-state index contributed by atoms with van der Waals surface area (Å²) in [6.45, 7) is 2.78. The maximum absolute atomic E-state index is 12.3. The molecule has 1 unspecified atom stereocenters. The second-order valence-electron chi connectivity index (χ2n) is 7.03. The Bertz CT molecular complexity index is 562. The van der Waals surface area contributed by atoms with Gasteiger partial charge in [-0.25, -0.2) is 0 Å². The van der Waals surface area contributed by atoms with E-state index in [1.165, 1.54) is 0 Å². The van der Waals surface area contributed by atoms with E-state index in [1.54, 1.807) is 0 Å². The number of carbonyl (C=O) groups is 2. The summed E-state index contributed by atoms with van der Waals surface area (Å²) in [5.41, 5.74) is 1.11. The van der Waals surface area contributed by atoms with Crippen LogP contribution in [0, 0.1) is 5.92 Å². The standard InChI is InChI=1S/C20H28N2O3/c23-19(9-8-18-7-4-14-25-18)22-12-10-17(11-13-22)20(24)21-15-16-5-2-1-3-6-16/h1-3,5-6,17-18H,4,7-15H2,(H,21,24). The fourth-order valence-electron chi connectivity index (χ4n) is 3.64. The summed E-state index contributed by atoms with van der Waals surface area (Å²) in [4.78, 5) is 26.5.